The molecule has 104 valence electrons. The molecule has 3 nitrogen and oxygen atoms in total. The summed E-state index contributed by atoms with van der Waals surface area (Å²) in [6, 6.07) is 9.07. The third-order valence-corrected chi connectivity index (χ3v) is 4.83. The molecule has 0 saturated heterocycles. The Hall–Kier alpha value is -0.850. The Morgan fingerprint density at radius 2 is 1.75 bits per heavy atom. The lowest BCUT2D eigenvalue weighted by molar-refractivity contribution is 0.102. The molecular weight excluding hydrogens is 452 g/mol. The van der Waals surface area contributed by atoms with Crippen molar-refractivity contribution in [2.24, 2.45) is 0 Å². The fraction of sp³-hybridized carbons (Fsp3) is 0.0714. The van der Waals surface area contributed by atoms with Crippen LogP contribution >= 0.6 is 47.8 Å². The molecule has 2 rings (SSSR count). The lowest BCUT2D eigenvalue weighted by Crippen LogP contribution is -2.14. The summed E-state index contributed by atoms with van der Waals surface area (Å²) in [5.74, 6) is -0.227. The minimum Gasteiger partial charge on any atom is -0.398 e. The van der Waals surface area contributed by atoms with E-state index in [1.54, 1.807) is 18.2 Å². The highest BCUT2D eigenvalue weighted by Gasteiger charge is 2.15. The van der Waals surface area contributed by atoms with Gasteiger partial charge in [0, 0.05) is 14.6 Å². The zero-order chi connectivity index (χ0) is 14.9. The summed E-state index contributed by atoms with van der Waals surface area (Å²) in [6.07, 6.45) is 0. The SMILES string of the molecule is Cc1cc(Br)c(NC(=O)c2cccc(N)c2Br)c(Br)c1. The molecule has 1 amide bonds. The molecule has 0 aliphatic heterocycles. The lowest BCUT2D eigenvalue weighted by Gasteiger charge is -2.12. The zero-order valence-corrected chi connectivity index (χ0v) is 15.3. The molecule has 0 aromatic heterocycles. The molecule has 0 radical (unpaired) electrons. The molecule has 20 heavy (non-hydrogen) atoms. The Morgan fingerprint density at radius 3 is 2.35 bits per heavy atom. The van der Waals surface area contributed by atoms with E-state index in [1.807, 2.05) is 19.1 Å². The van der Waals surface area contributed by atoms with Gasteiger partial charge in [-0.25, -0.2) is 0 Å². The van der Waals surface area contributed by atoms with Crippen molar-refractivity contribution in [3.8, 4) is 0 Å². The van der Waals surface area contributed by atoms with Gasteiger partial charge in [0.25, 0.3) is 5.91 Å². The molecule has 2 aromatic carbocycles. The molecular formula is C14H11Br3N2O. The Balaban J connectivity index is 2.36. The Bertz CT molecular complexity index is 663. The first-order valence-corrected chi connectivity index (χ1v) is 8.09. The number of hydrogen-bond acceptors (Lipinski definition) is 2. The van der Waals surface area contributed by atoms with Crippen LogP contribution in [0.2, 0.25) is 0 Å². The first-order valence-electron chi connectivity index (χ1n) is 5.71. The summed E-state index contributed by atoms with van der Waals surface area (Å²) < 4.78 is 2.23. The molecule has 3 N–H and O–H groups in total. The van der Waals surface area contributed by atoms with Crippen LogP contribution in [0.3, 0.4) is 0 Å². The van der Waals surface area contributed by atoms with E-state index in [9.17, 15) is 4.79 Å². The van der Waals surface area contributed by atoms with Crippen LogP contribution < -0.4 is 11.1 Å². The molecule has 2 aromatic rings. The second-order valence-corrected chi connectivity index (χ2v) is 6.77. The van der Waals surface area contributed by atoms with E-state index in [-0.39, 0.29) is 5.91 Å². The van der Waals surface area contributed by atoms with Gasteiger partial charge < -0.3 is 11.1 Å². The van der Waals surface area contributed by atoms with E-state index < -0.39 is 0 Å². The summed E-state index contributed by atoms with van der Waals surface area (Å²) in [5, 5.41) is 2.87. The molecule has 0 spiro atoms. The molecule has 0 heterocycles. The van der Waals surface area contributed by atoms with Crippen LogP contribution in [0.5, 0.6) is 0 Å². The van der Waals surface area contributed by atoms with Gasteiger partial charge >= 0.3 is 0 Å². The Labute approximate surface area is 142 Å². The summed E-state index contributed by atoms with van der Waals surface area (Å²) in [6.45, 7) is 1.98. The van der Waals surface area contributed by atoms with Crippen LogP contribution in [0.15, 0.2) is 43.7 Å². The molecule has 0 atom stereocenters. The van der Waals surface area contributed by atoms with Gasteiger partial charge in [0.1, 0.15) is 0 Å². The standard InChI is InChI=1S/C14H11Br3N2O/c1-7-5-9(15)13(10(16)6-7)19-14(20)8-3-2-4-11(18)12(8)17/h2-6H,18H2,1H3,(H,19,20). The van der Waals surface area contributed by atoms with Gasteiger partial charge in [0.05, 0.1) is 15.7 Å². The lowest BCUT2D eigenvalue weighted by atomic mass is 10.1. The van der Waals surface area contributed by atoms with Gasteiger partial charge in [-0.2, -0.15) is 0 Å². The maximum absolute atomic E-state index is 12.3. The third kappa shape index (κ3) is 3.24. The quantitative estimate of drug-likeness (QED) is 0.609. The maximum atomic E-state index is 12.3. The van der Waals surface area contributed by atoms with E-state index in [0.717, 1.165) is 14.5 Å². The van der Waals surface area contributed by atoms with Gasteiger partial charge in [-0.15, -0.1) is 0 Å². The topological polar surface area (TPSA) is 55.1 Å². The number of aryl methyl sites for hydroxylation is 1. The van der Waals surface area contributed by atoms with Crippen molar-refractivity contribution in [2.45, 2.75) is 6.92 Å². The number of carbonyl (C=O) groups is 1. The minimum absolute atomic E-state index is 0.227. The monoisotopic (exact) mass is 460 g/mol. The second-order valence-electron chi connectivity index (χ2n) is 4.27. The number of hydrogen-bond donors (Lipinski definition) is 2. The van der Waals surface area contributed by atoms with E-state index in [0.29, 0.717) is 21.4 Å². The van der Waals surface area contributed by atoms with E-state index in [1.165, 1.54) is 0 Å². The summed E-state index contributed by atoms with van der Waals surface area (Å²) in [7, 11) is 0. The van der Waals surface area contributed by atoms with Crippen LogP contribution in [0, 0.1) is 6.92 Å². The van der Waals surface area contributed by atoms with Crippen molar-refractivity contribution in [3.05, 3.63) is 54.9 Å². The van der Waals surface area contributed by atoms with Gasteiger partial charge in [0.15, 0.2) is 0 Å². The smallest absolute Gasteiger partial charge is 0.256 e. The second kappa shape index (κ2) is 6.28. The number of anilines is 2. The highest BCUT2D eigenvalue weighted by Crippen LogP contribution is 2.33. The summed E-state index contributed by atoms with van der Waals surface area (Å²) in [5.41, 5.74) is 8.58. The number of halogens is 3. The minimum atomic E-state index is -0.227. The van der Waals surface area contributed by atoms with Crippen LogP contribution in [-0.2, 0) is 0 Å². The highest BCUT2D eigenvalue weighted by atomic mass is 79.9. The molecule has 0 aliphatic rings. The van der Waals surface area contributed by atoms with Crippen molar-refractivity contribution in [1.29, 1.82) is 0 Å². The number of carbonyl (C=O) groups excluding carboxylic acids is 1. The van der Waals surface area contributed by atoms with E-state index in [2.05, 4.69) is 53.1 Å². The number of nitrogen functional groups attached to an aromatic ring is 1. The fourth-order valence-electron chi connectivity index (χ4n) is 1.73. The molecule has 0 unspecified atom stereocenters. The third-order valence-electron chi connectivity index (χ3n) is 2.70. The number of benzene rings is 2. The van der Waals surface area contributed by atoms with Crippen LogP contribution in [0.25, 0.3) is 0 Å². The predicted octanol–water partition coefficient (Wildman–Crippen LogP) is 5.12. The number of nitrogens with two attached hydrogens (primary N) is 1. The number of amides is 1. The van der Waals surface area contributed by atoms with Gasteiger partial charge in [-0.3, -0.25) is 4.79 Å². The summed E-state index contributed by atoms with van der Waals surface area (Å²) >= 11 is 10.2. The Morgan fingerprint density at radius 1 is 1.15 bits per heavy atom. The summed E-state index contributed by atoms with van der Waals surface area (Å²) in [4.78, 5) is 12.3. The number of rotatable bonds is 2. The van der Waals surface area contributed by atoms with Crippen LogP contribution in [-0.4, -0.2) is 5.91 Å². The molecule has 0 aliphatic carbocycles. The fourth-order valence-corrected chi connectivity index (χ4v) is 3.78. The van der Waals surface area contributed by atoms with Crippen LogP contribution in [0.4, 0.5) is 11.4 Å². The van der Waals surface area contributed by atoms with Gasteiger partial charge in [-0.05, 0) is 84.5 Å². The van der Waals surface area contributed by atoms with E-state index in [4.69, 9.17) is 5.73 Å². The zero-order valence-electron chi connectivity index (χ0n) is 10.5. The van der Waals surface area contributed by atoms with Crippen LogP contribution in [0.1, 0.15) is 15.9 Å². The normalized spacial score (nSPS) is 10.4. The average molecular weight is 463 g/mol. The first kappa shape index (κ1) is 15.5. The molecule has 0 bridgehead atoms. The highest BCUT2D eigenvalue weighted by molar-refractivity contribution is 9.11. The van der Waals surface area contributed by atoms with Gasteiger partial charge in [0.2, 0.25) is 0 Å². The maximum Gasteiger partial charge on any atom is 0.256 e. The molecule has 0 saturated carbocycles. The van der Waals surface area contributed by atoms with Crippen molar-refractivity contribution >= 4 is 65.1 Å². The predicted molar refractivity (Wildman–Crippen MR) is 93.1 cm³/mol. The van der Waals surface area contributed by atoms with Crippen molar-refractivity contribution in [1.82, 2.24) is 0 Å². The molecule has 0 fully saturated rings. The largest absolute Gasteiger partial charge is 0.398 e. The number of nitrogens with one attached hydrogen (secondary N) is 1. The average Bonchev–Trinajstić information content (AvgIpc) is 2.36. The van der Waals surface area contributed by atoms with Crippen molar-refractivity contribution < 1.29 is 4.79 Å². The van der Waals surface area contributed by atoms with Crippen molar-refractivity contribution in [3.63, 3.8) is 0 Å². The van der Waals surface area contributed by atoms with Gasteiger partial charge in [-0.1, -0.05) is 6.07 Å². The Kier molecular flexibility index (Phi) is 4.88. The van der Waals surface area contributed by atoms with E-state index >= 15 is 0 Å². The first-order chi connectivity index (χ1) is 9.40. The molecule has 6 heteroatoms. The van der Waals surface area contributed by atoms with Crippen molar-refractivity contribution in [2.75, 3.05) is 11.1 Å².